The molecule has 1 aromatic rings. The first-order valence-corrected chi connectivity index (χ1v) is 7.80. The molecule has 0 spiro atoms. The van der Waals surface area contributed by atoms with Crippen LogP contribution in [0.3, 0.4) is 0 Å². The highest BCUT2D eigenvalue weighted by atomic mass is 32.1. The fraction of sp³-hybridized carbons (Fsp3) is 0.571. The Bertz CT molecular complexity index is 468. The van der Waals surface area contributed by atoms with Gasteiger partial charge in [0.15, 0.2) is 0 Å². The lowest BCUT2D eigenvalue weighted by molar-refractivity contribution is -0.135. The second-order valence-corrected chi connectivity index (χ2v) is 6.18. The van der Waals surface area contributed by atoms with Crippen LogP contribution in [0, 0.1) is 11.8 Å². The van der Waals surface area contributed by atoms with Crippen LogP contribution in [-0.4, -0.2) is 29.8 Å². The van der Waals surface area contributed by atoms with Crippen molar-refractivity contribution < 1.29 is 9.59 Å². The number of likely N-dealkylation sites (tertiary alicyclic amines) is 1. The molecule has 1 atom stereocenters. The molecule has 0 aromatic carbocycles. The van der Waals surface area contributed by atoms with E-state index in [0.29, 0.717) is 6.54 Å². The molecule has 102 valence electrons. The number of anilines is 1. The van der Waals surface area contributed by atoms with E-state index < -0.39 is 0 Å². The summed E-state index contributed by atoms with van der Waals surface area (Å²) in [7, 11) is 0. The normalized spacial score (nSPS) is 23.2. The molecule has 1 N–H and O–H groups in total. The quantitative estimate of drug-likeness (QED) is 0.922. The highest BCUT2D eigenvalue weighted by Crippen LogP contribution is 2.32. The Kier molecular flexibility index (Phi) is 3.55. The van der Waals surface area contributed by atoms with Crippen LogP contribution < -0.4 is 5.32 Å². The van der Waals surface area contributed by atoms with Crippen molar-refractivity contribution in [2.45, 2.75) is 25.7 Å². The summed E-state index contributed by atoms with van der Waals surface area (Å²) in [5, 5.41) is 6.80. The van der Waals surface area contributed by atoms with E-state index in [9.17, 15) is 9.59 Å². The minimum absolute atomic E-state index is 0.0479. The van der Waals surface area contributed by atoms with Crippen molar-refractivity contribution in [2.24, 2.45) is 11.8 Å². The Morgan fingerprint density at radius 3 is 2.79 bits per heavy atom. The van der Waals surface area contributed by atoms with Crippen LogP contribution in [-0.2, 0) is 9.59 Å². The molecule has 19 heavy (non-hydrogen) atoms. The Hall–Kier alpha value is -1.36. The monoisotopic (exact) mass is 278 g/mol. The third-order valence-corrected chi connectivity index (χ3v) is 4.50. The zero-order valence-electron chi connectivity index (χ0n) is 10.8. The molecular formula is C14H18N2O2S. The van der Waals surface area contributed by atoms with E-state index in [1.165, 1.54) is 0 Å². The number of hydrogen-bond acceptors (Lipinski definition) is 3. The molecule has 0 radical (unpaired) electrons. The van der Waals surface area contributed by atoms with E-state index >= 15 is 0 Å². The summed E-state index contributed by atoms with van der Waals surface area (Å²) in [6.07, 6.45) is 3.87. The van der Waals surface area contributed by atoms with Gasteiger partial charge in [0, 0.05) is 24.4 Å². The molecule has 2 heterocycles. The van der Waals surface area contributed by atoms with Crippen LogP contribution in [0.1, 0.15) is 25.7 Å². The molecule has 1 aliphatic carbocycles. The zero-order valence-corrected chi connectivity index (χ0v) is 11.6. The van der Waals surface area contributed by atoms with E-state index in [2.05, 4.69) is 5.32 Å². The van der Waals surface area contributed by atoms with Gasteiger partial charge in [-0.2, -0.15) is 11.3 Å². The molecule has 1 unspecified atom stereocenters. The molecule has 0 bridgehead atoms. The average molecular weight is 278 g/mol. The molecule has 1 aliphatic heterocycles. The fourth-order valence-corrected chi connectivity index (χ4v) is 3.15. The lowest BCUT2D eigenvalue weighted by atomic mass is 9.96. The molecule has 3 rings (SSSR count). The van der Waals surface area contributed by atoms with Gasteiger partial charge in [0.05, 0.1) is 11.6 Å². The highest BCUT2D eigenvalue weighted by molar-refractivity contribution is 7.08. The van der Waals surface area contributed by atoms with Crippen molar-refractivity contribution in [2.75, 3.05) is 18.4 Å². The van der Waals surface area contributed by atoms with Gasteiger partial charge in [-0.05, 0) is 37.1 Å². The molecule has 2 amide bonds. The first-order valence-electron chi connectivity index (χ1n) is 6.86. The number of nitrogens with one attached hydrogen (secondary N) is 1. The van der Waals surface area contributed by atoms with Gasteiger partial charge >= 0.3 is 0 Å². The van der Waals surface area contributed by atoms with Gasteiger partial charge in [-0.3, -0.25) is 9.59 Å². The van der Waals surface area contributed by atoms with Gasteiger partial charge < -0.3 is 10.2 Å². The van der Waals surface area contributed by atoms with E-state index in [4.69, 9.17) is 0 Å². The van der Waals surface area contributed by atoms with Gasteiger partial charge in [-0.25, -0.2) is 0 Å². The molecule has 5 heteroatoms. The topological polar surface area (TPSA) is 49.4 Å². The summed E-state index contributed by atoms with van der Waals surface area (Å²) in [5.41, 5.74) is 0.862. The maximum Gasteiger partial charge on any atom is 0.229 e. The SMILES string of the molecule is O=C(Nc1ccsc1)C1CCCN(C(=O)C2CC2)C1. The van der Waals surface area contributed by atoms with E-state index in [-0.39, 0.29) is 23.7 Å². The van der Waals surface area contributed by atoms with Crippen molar-refractivity contribution in [3.05, 3.63) is 16.8 Å². The second-order valence-electron chi connectivity index (χ2n) is 5.40. The third kappa shape index (κ3) is 2.97. The van der Waals surface area contributed by atoms with E-state index in [0.717, 1.165) is 37.9 Å². The smallest absolute Gasteiger partial charge is 0.229 e. The first kappa shape index (κ1) is 12.7. The molecule has 1 aromatic heterocycles. The number of carbonyl (C=O) groups is 2. The molecule has 2 fully saturated rings. The van der Waals surface area contributed by atoms with Gasteiger partial charge in [0.25, 0.3) is 0 Å². The predicted molar refractivity (Wildman–Crippen MR) is 75.0 cm³/mol. The summed E-state index contributed by atoms with van der Waals surface area (Å²) >= 11 is 1.57. The lowest BCUT2D eigenvalue weighted by Gasteiger charge is -2.32. The minimum Gasteiger partial charge on any atom is -0.342 e. The Morgan fingerprint density at radius 2 is 2.11 bits per heavy atom. The summed E-state index contributed by atoms with van der Waals surface area (Å²) in [5.74, 6) is 0.495. The maximum absolute atomic E-state index is 12.2. The zero-order chi connectivity index (χ0) is 13.2. The van der Waals surface area contributed by atoms with Crippen LogP contribution in [0.25, 0.3) is 0 Å². The number of hydrogen-bond donors (Lipinski definition) is 1. The molecule has 1 saturated heterocycles. The highest BCUT2D eigenvalue weighted by Gasteiger charge is 2.36. The maximum atomic E-state index is 12.2. The summed E-state index contributed by atoms with van der Waals surface area (Å²) in [4.78, 5) is 26.1. The number of rotatable bonds is 3. The lowest BCUT2D eigenvalue weighted by Crippen LogP contribution is -2.44. The first-order chi connectivity index (χ1) is 9.24. The fourth-order valence-electron chi connectivity index (χ4n) is 2.56. The second kappa shape index (κ2) is 5.33. The number of amides is 2. The van der Waals surface area contributed by atoms with Crippen LogP contribution >= 0.6 is 11.3 Å². The van der Waals surface area contributed by atoms with Gasteiger partial charge in [0.2, 0.25) is 11.8 Å². The molecular weight excluding hydrogens is 260 g/mol. The standard InChI is InChI=1S/C14H18N2O2S/c17-13(15-12-5-7-19-9-12)11-2-1-6-16(8-11)14(18)10-3-4-10/h5,7,9-11H,1-4,6,8H2,(H,15,17). The number of nitrogens with zero attached hydrogens (tertiary/aromatic N) is 1. The number of carbonyl (C=O) groups excluding carboxylic acids is 2. The van der Waals surface area contributed by atoms with Crippen LogP contribution in [0.2, 0.25) is 0 Å². The summed E-state index contributed by atoms with van der Waals surface area (Å²) < 4.78 is 0. The Balaban J connectivity index is 1.58. The van der Waals surface area contributed by atoms with Gasteiger partial charge in [-0.1, -0.05) is 0 Å². The van der Waals surface area contributed by atoms with Crippen molar-refractivity contribution in [1.29, 1.82) is 0 Å². The third-order valence-electron chi connectivity index (χ3n) is 3.82. The summed E-state index contributed by atoms with van der Waals surface area (Å²) in [6, 6.07) is 1.90. The van der Waals surface area contributed by atoms with Gasteiger partial charge in [-0.15, -0.1) is 0 Å². The van der Waals surface area contributed by atoms with Crippen molar-refractivity contribution in [3.8, 4) is 0 Å². The summed E-state index contributed by atoms with van der Waals surface area (Å²) in [6.45, 7) is 1.41. The minimum atomic E-state index is -0.0589. The van der Waals surface area contributed by atoms with E-state index in [1.54, 1.807) is 11.3 Å². The molecule has 1 saturated carbocycles. The van der Waals surface area contributed by atoms with Crippen molar-refractivity contribution in [3.63, 3.8) is 0 Å². The van der Waals surface area contributed by atoms with E-state index in [1.807, 2.05) is 21.7 Å². The van der Waals surface area contributed by atoms with Crippen LogP contribution in [0.5, 0.6) is 0 Å². The Morgan fingerprint density at radius 1 is 1.26 bits per heavy atom. The van der Waals surface area contributed by atoms with Gasteiger partial charge in [0.1, 0.15) is 0 Å². The number of piperidine rings is 1. The predicted octanol–water partition coefficient (Wildman–Crippen LogP) is 2.34. The van der Waals surface area contributed by atoms with Crippen LogP contribution in [0.15, 0.2) is 16.8 Å². The van der Waals surface area contributed by atoms with Crippen LogP contribution in [0.4, 0.5) is 5.69 Å². The molecule has 2 aliphatic rings. The van der Waals surface area contributed by atoms with Crippen molar-refractivity contribution >= 4 is 28.8 Å². The average Bonchev–Trinajstić information content (AvgIpc) is 3.17. The number of thiophene rings is 1. The largest absolute Gasteiger partial charge is 0.342 e. The Labute approximate surface area is 116 Å². The molecule has 4 nitrogen and oxygen atoms in total. The van der Waals surface area contributed by atoms with Crippen molar-refractivity contribution in [1.82, 2.24) is 4.90 Å².